The van der Waals surface area contributed by atoms with Gasteiger partial charge in [-0.15, -0.1) is 0 Å². The molecule has 1 amide bonds. The number of nitrogens with zero attached hydrogens (tertiary/aromatic N) is 3. The third-order valence-electron chi connectivity index (χ3n) is 5.32. The number of methoxy groups -OCH3 is 2. The van der Waals surface area contributed by atoms with E-state index in [1.54, 1.807) is 25.3 Å². The molecule has 2 aromatic rings. The lowest BCUT2D eigenvalue weighted by Crippen LogP contribution is -2.48. The molecule has 1 aromatic carbocycles. The minimum Gasteiger partial charge on any atom is -0.382 e. The van der Waals surface area contributed by atoms with Gasteiger partial charge in [-0.3, -0.25) is 9.59 Å². The van der Waals surface area contributed by atoms with Gasteiger partial charge in [-0.1, -0.05) is 25.5 Å². The zero-order chi connectivity index (χ0) is 22.3. The average molecular weight is 418 g/mol. The maximum atomic E-state index is 13.2. The van der Waals surface area contributed by atoms with Crippen molar-refractivity contribution < 1.29 is 14.3 Å². The van der Waals surface area contributed by atoms with Crippen molar-refractivity contribution in [2.75, 3.05) is 60.7 Å². The van der Waals surface area contributed by atoms with E-state index in [9.17, 15) is 9.59 Å². The number of aromatic nitrogens is 1. The highest BCUT2D eigenvalue weighted by molar-refractivity contribution is 5.97. The van der Waals surface area contributed by atoms with Crippen molar-refractivity contribution >= 4 is 16.8 Å². The summed E-state index contributed by atoms with van der Waals surface area (Å²) < 4.78 is 12.7. The monoisotopic (exact) mass is 417 g/mol. The Balaban J connectivity index is 0.00000155. The number of pyridine rings is 1. The second-order valence-corrected chi connectivity index (χ2v) is 7.46. The van der Waals surface area contributed by atoms with Crippen LogP contribution in [0.2, 0.25) is 0 Å². The lowest BCUT2D eigenvalue weighted by atomic mass is 10.1. The van der Waals surface area contributed by atoms with Gasteiger partial charge in [0.25, 0.3) is 5.91 Å². The van der Waals surface area contributed by atoms with Crippen molar-refractivity contribution in [1.29, 1.82) is 0 Å². The van der Waals surface area contributed by atoms with Crippen molar-refractivity contribution in [2.24, 2.45) is 0 Å². The lowest BCUT2D eigenvalue weighted by molar-refractivity contribution is 0.0659. The van der Waals surface area contributed by atoms with E-state index in [1.807, 2.05) is 50.6 Å². The largest absolute Gasteiger partial charge is 0.382 e. The summed E-state index contributed by atoms with van der Waals surface area (Å²) in [5.74, 6) is -0.205. The van der Waals surface area contributed by atoms with Crippen molar-refractivity contribution in [3.63, 3.8) is 0 Å². The van der Waals surface area contributed by atoms with E-state index >= 15 is 0 Å². The Labute approximate surface area is 179 Å². The quantitative estimate of drug-likeness (QED) is 0.723. The van der Waals surface area contributed by atoms with Crippen LogP contribution in [0, 0.1) is 6.92 Å². The Morgan fingerprint density at radius 3 is 2.23 bits per heavy atom. The van der Waals surface area contributed by atoms with Crippen LogP contribution >= 0.6 is 0 Å². The molecule has 1 aromatic heterocycles. The molecule has 166 valence electrons. The minimum absolute atomic E-state index is 0.139. The van der Waals surface area contributed by atoms with Gasteiger partial charge >= 0.3 is 0 Å². The first-order valence-corrected chi connectivity index (χ1v) is 10.6. The molecule has 1 saturated heterocycles. The number of carbonyl (C=O) groups is 1. The standard InChI is InChI=1S/C21H29N3O4.C2H6/c1-15-5-6-19-17(11-15)20(25)18(12-24(19)16(13-27-3)14-28-4)21(26)23-9-7-22(2)8-10-23;1-2/h5-6,11-12,16H,7-10,13-14H2,1-4H3;1-2H3. The molecule has 2 heterocycles. The van der Waals surface area contributed by atoms with E-state index in [0.29, 0.717) is 31.7 Å². The van der Waals surface area contributed by atoms with Crippen molar-refractivity contribution in [2.45, 2.75) is 26.8 Å². The lowest BCUT2D eigenvalue weighted by Gasteiger charge is -2.32. The molecule has 0 atom stereocenters. The number of amides is 1. The molecule has 0 radical (unpaired) electrons. The molecule has 3 rings (SSSR count). The molecule has 30 heavy (non-hydrogen) atoms. The first kappa shape index (κ1) is 24.1. The fraction of sp³-hybridized carbons (Fsp3) is 0.565. The Morgan fingerprint density at radius 1 is 1.07 bits per heavy atom. The van der Waals surface area contributed by atoms with E-state index in [0.717, 1.165) is 24.2 Å². The molecule has 0 bridgehead atoms. The van der Waals surface area contributed by atoms with E-state index in [2.05, 4.69) is 4.90 Å². The predicted molar refractivity (Wildman–Crippen MR) is 120 cm³/mol. The maximum Gasteiger partial charge on any atom is 0.259 e. The van der Waals surface area contributed by atoms with Crippen molar-refractivity contribution in [3.8, 4) is 0 Å². The van der Waals surface area contributed by atoms with Crippen LogP contribution in [0.1, 0.15) is 35.8 Å². The second-order valence-electron chi connectivity index (χ2n) is 7.46. The maximum absolute atomic E-state index is 13.2. The second kappa shape index (κ2) is 11.2. The molecular weight excluding hydrogens is 382 g/mol. The third-order valence-corrected chi connectivity index (χ3v) is 5.32. The molecule has 1 aliphatic rings. The van der Waals surface area contributed by atoms with Gasteiger partial charge in [-0.25, -0.2) is 0 Å². The van der Waals surface area contributed by atoms with Gasteiger partial charge < -0.3 is 23.8 Å². The summed E-state index contributed by atoms with van der Waals surface area (Å²) in [7, 11) is 5.30. The third kappa shape index (κ3) is 5.28. The highest BCUT2D eigenvalue weighted by atomic mass is 16.5. The van der Waals surface area contributed by atoms with Crippen LogP contribution in [0.5, 0.6) is 0 Å². The summed E-state index contributed by atoms with van der Waals surface area (Å²) in [5, 5.41) is 0.553. The molecule has 7 heteroatoms. The summed E-state index contributed by atoms with van der Waals surface area (Å²) in [4.78, 5) is 30.3. The van der Waals surface area contributed by atoms with Gasteiger partial charge in [0.15, 0.2) is 0 Å². The van der Waals surface area contributed by atoms with Crippen LogP contribution < -0.4 is 5.43 Å². The topological polar surface area (TPSA) is 64.0 Å². The SMILES string of the molecule is CC.COCC(COC)n1cc(C(=O)N2CCN(C)CC2)c(=O)c2cc(C)ccc21. The fourth-order valence-corrected chi connectivity index (χ4v) is 3.70. The van der Waals surface area contributed by atoms with Crippen molar-refractivity contribution in [3.05, 3.63) is 45.7 Å². The number of piperazine rings is 1. The van der Waals surface area contributed by atoms with Crippen LogP contribution in [-0.4, -0.2) is 80.9 Å². The van der Waals surface area contributed by atoms with E-state index in [1.165, 1.54) is 0 Å². The van der Waals surface area contributed by atoms with E-state index in [-0.39, 0.29) is 22.9 Å². The normalized spacial score (nSPS) is 14.7. The van der Waals surface area contributed by atoms with Crippen LogP contribution in [0.25, 0.3) is 10.9 Å². The Hall–Kier alpha value is -2.22. The summed E-state index contributed by atoms with van der Waals surface area (Å²) in [5.41, 5.74) is 1.76. The number of aryl methyl sites for hydroxylation is 1. The number of fused-ring (bicyclic) bond motifs is 1. The molecule has 0 unspecified atom stereocenters. The van der Waals surface area contributed by atoms with Gasteiger partial charge in [0.2, 0.25) is 5.43 Å². The molecule has 0 spiro atoms. The molecule has 0 saturated carbocycles. The predicted octanol–water partition coefficient (Wildman–Crippen LogP) is 2.56. The number of hydrogen-bond donors (Lipinski definition) is 0. The molecule has 1 aliphatic heterocycles. The van der Waals surface area contributed by atoms with Gasteiger partial charge in [-0.05, 0) is 26.1 Å². The molecule has 0 aliphatic carbocycles. The van der Waals surface area contributed by atoms with Gasteiger partial charge in [0.1, 0.15) is 5.56 Å². The minimum atomic E-state index is -0.215. The van der Waals surface area contributed by atoms with Gasteiger partial charge in [-0.2, -0.15) is 0 Å². The summed E-state index contributed by atoms with van der Waals surface area (Å²) >= 11 is 0. The van der Waals surface area contributed by atoms with Crippen LogP contribution in [0.15, 0.2) is 29.2 Å². The smallest absolute Gasteiger partial charge is 0.259 e. The van der Waals surface area contributed by atoms with Crippen LogP contribution in [-0.2, 0) is 9.47 Å². The molecular formula is C23H35N3O4. The number of hydrogen-bond acceptors (Lipinski definition) is 5. The Morgan fingerprint density at radius 2 is 1.67 bits per heavy atom. The van der Waals surface area contributed by atoms with E-state index < -0.39 is 0 Å². The highest BCUT2D eigenvalue weighted by Crippen LogP contribution is 2.20. The molecule has 1 fully saturated rings. The summed E-state index contributed by atoms with van der Waals surface area (Å²) in [6.45, 7) is 9.65. The van der Waals surface area contributed by atoms with Crippen LogP contribution in [0.3, 0.4) is 0 Å². The zero-order valence-corrected chi connectivity index (χ0v) is 19.1. The molecule has 7 nitrogen and oxygen atoms in total. The summed E-state index contributed by atoms with van der Waals surface area (Å²) in [6.07, 6.45) is 1.68. The average Bonchev–Trinajstić information content (AvgIpc) is 2.76. The Kier molecular flexibility index (Phi) is 9.02. The number of carbonyl (C=O) groups excluding carboxylic acids is 1. The Bertz CT molecular complexity index is 895. The number of rotatable bonds is 6. The van der Waals surface area contributed by atoms with Gasteiger partial charge in [0.05, 0.1) is 24.8 Å². The van der Waals surface area contributed by atoms with Crippen molar-refractivity contribution in [1.82, 2.24) is 14.4 Å². The van der Waals surface area contributed by atoms with Gasteiger partial charge in [0, 0.05) is 52.0 Å². The van der Waals surface area contributed by atoms with Crippen LogP contribution in [0.4, 0.5) is 0 Å². The highest BCUT2D eigenvalue weighted by Gasteiger charge is 2.25. The number of likely N-dealkylation sites (N-methyl/N-ethyl adjacent to an activating group) is 1. The fourth-order valence-electron chi connectivity index (χ4n) is 3.70. The summed E-state index contributed by atoms with van der Waals surface area (Å²) in [6, 6.07) is 5.61. The number of ether oxygens (including phenoxy) is 2. The number of benzene rings is 1. The zero-order valence-electron chi connectivity index (χ0n) is 19.1. The van der Waals surface area contributed by atoms with E-state index in [4.69, 9.17) is 9.47 Å². The first-order valence-electron chi connectivity index (χ1n) is 10.6. The first-order chi connectivity index (χ1) is 14.5. The molecule has 0 N–H and O–H groups in total.